The standard InChI is InChI=1S/C28H42F2N4O/c1-19(2)32-10-12-33(13-11-32)25-8-5-9-28(29,30)26(25)31-27(35)34-17-23-15-22(16-24(23)18-34)21-7-4-6-20(3)14-21/h4,6-7,14,19,22-26H,5,8-13,15-18H2,1-3H3,(H,31,35)/t22?,23-,24+,25-,26+/m0/s1. The molecule has 1 N–H and O–H groups in total. The number of urea groups is 1. The minimum absolute atomic E-state index is 0.135. The Labute approximate surface area is 209 Å². The summed E-state index contributed by atoms with van der Waals surface area (Å²) in [5, 5.41) is 2.85. The van der Waals surface area contributed by atoms with Crippen molar-refractivity contribution in [3.8, 4) is 0 Å². The first-order valence-electron chi connectivity index (χ1n) is 13.7. The van der Waals surface area contributed by atoms with E-state index in [1.807, 2.05) is 4.90 Å². The number of hydrogen-bond donors (Lipinski definition) is 1. The van der Waals surface area contributed by atoms with Crippen LogP contribution in [0.3, 0.4) is 0 Å². The number of likely N-dealkylation sites (tertiary alicyclic amines) is 1. The molecular formula is C28H42F2N4O. The largest absolute Gasteiger partial charge is 0.328 e. The molecule has 2 aliphatic heterocycles. The third kappa shape index (κ3) is 5.22. The highest BCUT2D eigenvalue weighted by atomic mass is 19.3. The topological polar surface area (TPSA) is 38.8 Å². The second-order valence-corrected chi connectivity index (χ2v) is 11.8. The van der Waals surface area contributed by atoms with E-state index in [4.69, 9.17) is 0 Å². The summed E-state index contributed by atoms with van der Waals surface area (Å²) < 4.78 is 30.3. The van der Waals surface area contributed by atoms with Gasteiger partial charge in [-0.1, -0.05) is 29.8 Å². The van der Waals surface area contributed by atoms with Crippen LogP contribution in [0.15, 0.2) is 24.3 Å². The number of fused-ring (bicyclic) bond motifs is 1. The Kier molecular flexibility index (Phi) is 7.10. The number of benzene rings is 1. The van der Waals surface area contributed by atoms with Gasteiger partial charge in [0.05, 0.1) is 0 Å². The number of alkyl halides is 2. The van der Waals surface area contributed by atoms with Crippen LogP contribution in [0.1, 0.15) is 63.0 Å². The van der Waals surface area contributed by atoms with E-state index in [0.29, 0.717) is 43.3 Å². The maximum absolute atomic E-state index is 15.2. The summed E-state index contributed by atoms with van der Waals surface area (Å²) in [6.07, 6.45) is 3.28. The van der Waals surface area contributed by atoms with E-state index in [-0.39, 0.29) is 18.5 Å². The Balaban J connectivity index is 1.20. The number of nitrogens with zero attached hydrogens (tertiary/aromatic N) is 3. The first-order chi connectivity index (χ1) is 16.7. The zero-order valence-corrected chi connectivity index (χ0v) is 21.6. The fraction of sp³-hybridized carbons (Fsp3) is 0.750. The van der Waals surface area contributed by atoms with Crippen molar-refractivity contribution < 1.29 is 13.6 Å². The zero-order valence-electron chi connectivity index (χ0n) is 21.6. The highest BCUT2D eigenvalue weighted by Gasteiger charge is 2.51. The zero-order chi connectivity index (χ0) is 24.7. The van der Waals surface area contributed by atoms with Crippen LogP contribution in [-0.2, 0) is 0 Å². The van der Waals surface area contributed by atoms with Gasteiger partial charge in [-0.15, -0.1) is 0 Å². The molecule has 2 aliphatic carbocycles. The molecule has 194 valence electrons. The molecule has 1 unspecified atom stereocenters. The van der Waals surface area contributed by atoms with Crippen LogP contribution in [0.5, 0.6) is 0 Å². The van der Waals surface area contributed by atoms with Crippen molar-refractivity contribution in [3.63, 3.8) is 0 Å². The fourth-order valence-electron chi connectivity index (χ4n) is 7.22. The lowest BCUT2D eigenvalue weighted by Gasteiger charge is -2.47. The lowest BCUT2D eigenvalue weighted by atomic mass is 9.85. The molecule has 0 spiro atoms. The summed E-state index contributed by atoms with van der Waals surface area (Å²) in [6.45, 7) is 11.3. The Morgan fingerprint density at radius 3 is 2.40 bits per heavy atom. The van der Waals surface area contributed by atoms with E-state index in [9.17, 15) is 4.79 Å². The highest BCUT2D eigenvalue weighted by molar-refractivity contribution is 5.75. The molecule has 1 aromatic rings. The van der Waals surface area contributed by atoms with Crippen LogP contribution >= 0.6 is 0 Å². The first kappa shape index (κ1) is 24.9. The number of carbonyl (C=O) groups is 1. The van der Waals surface area contributed by atoms with Crippen molar-refractivity contribution in [2.45, 2.75) is 82.8 Å². The van der Waals surface area contributed by atoms with Crippen LogP contribution in [0.4, 0.5) is 13.6 Å². The molecule has 4 fully saturated rings. The van der Waals surface area contributed by atoms with E-state index < -0.39 is 12.0 Å². The monoisotopic (exact) mass is 488 g/mol. The lowest BCUT2D eigenvalue weighted by Crippen LogP contribution is -2.65. The van der Waals surface area contributed by atoms with Crippen LogP contribution in [0, 0.1) is 18.8 Å². The second-order valence-electron chi connectivity index (χ2n) is 11.8. The number of hydrogen-bond acceptors (Lipinski definition) is 3. The molecule has 5 atom stereocenters. The number of halogens is 2. The summed E-state index contributed by atoms with van der Waals surface area (Å²) in [5.74, 6) is -1.37. The molecule has 1 aromatic carbocycles. The quantitative estimate of drug-likeness (QED) is 0.667. The Morgan fingerprint density at radius 2 is 1.77 bits per heavy atom. The van der Waals surface area contributed by atoms with Crippen molar-refractivity contribution in [2.24, 2.45) is 11.8 Å². The number of carbonyl (C=O) groups excluding carboxylic acids is 1. The molecule has 4 aliphatic rings. The van der Waals surface area contributed by atoms with E-state index >= 15 is 8.78 Å². The molecule has 0 aromatic heterocycles. The van der Waals surface area contributed by atoms with E-state index in [1.54, 1.807) is 0 Å². The van der Waals surface area contributed by atoms with Crippen molar-refractivity contribution in [1.82, 2.24) is 20.0 Å². The van der Waals surface area contributed by atoms with Gasteiger partial charge in [-0.2, -0.15) is 0 Å². The summed E-state index contributed by atoms with van der Waals surface area (Å²) in [5.41, 5.74) is 2.69. The van der Waals surface area contributed by atoms with Gasteiger partial charge >= 0.3 is 6.03 Å². The molecule has 2 heterocycles. The van der Waals surface area contributed by atoms with Gasteiger partial charge in [0.1, 0.15) is 6.04 Å². The molecule has 5 nitrogen and oxygen atoms in total. The maximum atomic E-state index is 15.2. The van der Waals surface area contributed by atoms with Crippen LogP contribution in [-0.4, -0.2) is 84.0 Å². The number of aryl methyl sites for hydroxylation is 1. The van der Waals surface area contributed by atoms with Crippen molar-refractivity contribution in [2.75, 3.05) is 39.3 Å². The third-order valence-electron chi connectivity index (χ3n) is 9.23. The SMILES string of the molecule is Cc1cccc(C2C[C@@H]3CN(C(=O)N[C@@H]4[C@@H](N5CCN(C(C)C)CC5)CCCC4(F)F)C[C@@H]3C2)c1. The molecule has 0 radical (unpaired) electrons. The second kappa shape index (κ2) is 9.97. The lowest BCUT2D eigenvalue weighted by molar-refractivity contribution is -0.0971. The smallest absolute Gasteiger partial charge is 0.317 e. The van der Waals surface area contributed by atoms with Gasteiger partial charge < -0.3 is 10.2 Å². The van der Waals surface area contributed by atoms with Gasteiger partial charge in [0.15, 0.2) is 0 Å². The molecule has 35 heavy (non-hydrogen) atoms. The molecule has 2 saturated carbocycles. The fourth-order valence-corrected chi connectivity index (χ4v) is 7.22. The minimum Gasteiger partial charge on any atom is -0.328 e. The minimum atomic E-state index is -2.86. The predicted octanol–water partition coefficient (Wildman–Crippen LogP) is 4.71. The van der Waals surface area contributed by atoms with Crippen LogP contribution in [0.25, 0.3) is 0 Å². The van der Waals surface area contributed by atoms with Gasteiger partial charge in [0, 0.05) is 57.8 Å². The number of rotatable bonds is 4. The van der Waals surface area contributed by atoms with Gasteiger partial charge in [-0.3, -0.25) is 9.80 Å². The molecule has 2 saturated heterocycles. The molecule has 0 bridgehead atoms. The van der Waals surface area contributed by atoms with E-state index in [0.717, 1.165) is 45.4 Å². The molecular weight excluding hydrogens is 446 g/mol. The molecule has 5 rings (SSSR count). The number of amides is 2. The van der Waals surface area contributed by atoms with E-state index in [2.05, 4.69) is 60.2 Å². The Bertz CT molecular complexity index is 887. The molecule has 7 heteroatoms. The molecule has 2 amide bonds. The van der Waals surface area contributed by atoms with Crippen molar-refractivity contribution in [1.29, 1.82) is 0 Å². The summed E-state index contributed by atoms with van der Waals surface area (Å²) in [4.78, 5) is 19.7. The maximum Gasteiger partial charge on any atom is 0.317 e. The normalized spacial score (nSPS) is 33.8. The predicted molar refractivity (Wildman–Crippen MR) is 135 cm³/mol. The van der Waals surface area contributed by atoms with Gasteiger partial charge in [0.2, 0.25) is 0 Å². The van der Waals surface area contributed by atoms with E-state index in [1.165, 1.54) is 11.1 Å². The van der Waals surface area contributed by atoms with Crippen LogP contribution < -0.4 is 5.32 Å². The summed E-state index contributed by atoms with van der Waals surface area (Å²) >= 11 is 0. The van der Waals surface area contributed by atoms with Gasteiger partial charge in [0.25, 0.3) is 5.92 Å². The number of piperazine rings is 1. The Morgan fingerprint density at radius 1 is 1.09 bits per heavy atom. The highest BCUT2D eigenvalue weighted by Crippen LogP contribution is 2.46. The van der Waals surface area contributed by atoms with Crippen molar-refractivity contribution in [3.05, 3.63) is 35.4 Å². The van der Waals surface area contributed by atoms with Gasteiger partial charge in [-0.05, 0) is 69.8 Å². The number of nitrogens with one attached hydrogen (secondary N) is 1. The van der Waals surface area contributed by atoms with Crippen molar-refractivity contribution >= 4 is 6.03 Å². The average molecular weight is 489 g/mol. The first-order valence-corrected chi connectivity index (χ1v) is 13.7. The third-order valence-corrected chi connectivity index (χ3v) is 9.23. The van der Waals surface area contributed by atoms with Crippen LogP contribution in [0.2, 0.25) is 0 Å². The summed E-state index contributed by atoms with van der Waals surface area (Å²) in [7, 11) is 0. The summed E-state index contributed by atoms with van der Waals surface area (Å²) in [6, 6.07) is 7.55. The van der Waals surface area contributed by atoms with Gasteiger partial charge in [-0.25, -0.2) is 13.6 Å². The average Bonchev–Trinajstić information content (AvgIpc) is 3.40. The Hall–Kier alpha value is -1.73.